The summed E-state index contributed by atoms with van der Waals surface area (Å²) in [5, 5.41) is 3.25. The molecular weight excluding hydrogens is 198 g/mol. The van der Waals surface area contributed by atoms with Crippen LogP contribution in [0.25, 0.3) is 0 Å². The van der Waals surface area contributed by atoms with Crippen molar-refractivity contribution in [2.45, 2.75) is 39.7 Å². The highest BCUT2D eigenvalue weighted by Crippen LogP contribution is 2.09. The molecule has 0 aliphatic carbocycles. The van der Waals surface area contributed by atoms with Crippen molar-refractivity contribution < 1.29 is 4.79 Å². The summed E-state index contributed by atoms with van der Waals surface area (Å²) in [4.78, 5) is 12.0. The van der Waals surface area contributed by atoms with Gasteiger partial charge in [0.1, 0.15) is 0 Å². The summed E-state index contributed by atoms with van der Waals surface area (Å²) in [6.07, 6.45) is 1.55. The molecule has 1 atom stereocenters. The Labute approximate surface area is 98.1 Å². The van der Waals surface area contributed by atoms with Crippen molar-refractivity contribution in [3.05, 3.63) is 35.4 Å². The van der Waals surface area contributed by atoms with Crippen LogP contribution in [0.2, 0.25) is 0 Å². The number of rotatable bonds is 6. The molecule has 0 radical (unpaired) electrons. The second-order valence-electron chi connectivity index (χ2n) is 4.14. The molecule has 0 aliphatic heterocycles. The van der Waals surface area contributed by atoms with Crippen LogP contribution in [0.3, 0.4) is 0 Å². The fraction of sp³-hybridized carbons (Fsp3) is 0.500. The zero-order chi connectivity index (χ0) is 12.0. The van der Waals surface area contributed by atoms with Crippen molar-refractivity contribution in [1.82, 2.24) is 5.32 Å². The van der Waals surface area contributed by atoms with Crippen LogP contribution >= 0.6 is 0 Å². The number of ketones is 1. The maximum atomic E-state index is 12.0. The van der Waals surface area contributed by atoms with Crippen molar-refractivity contribution in [2.24, 2.45) is 0 Å². The number of Topliss-reactive ketones (excluding diaryl/α,β-unsaturated/α-hetero) is 1. The first-order valence-electron chi connectivity index (χ1n) is 6.02. The minimum absolute atomic E-state index is 0.226. The van der Waals surface area contributed by atoms with Crippen molar-refractivity contribution >= 4 is 5.78 Å². The van der Waals surface area contributed by atoms with Gasteiger partial charge in [-0.25, -0.2) is 0 Å². The van der Waals surface area contributed by atoms with E-state index in [0.29, 0.717) is 6.42 Å². The van der Waals surface area contributed by atoms with Crippen LogP contribution in [0.4, 0.5) is 0 Å². The molecule has 0 spiro atoms. The third-order valence-corrected chi connectivity index (χ3v) is 2.70. The van der Waals surface area contributed by atoms with Gasteiger partial charge < -0.3 is 5.32 Å². The Kier molecular flexibility index (Phi) is 5.20. The average Bonchev–Trinajstić information content (AvgIpc) is 2.29. The third kappa shape index (κ3) is 3.78. The van der Waals surface area contributed by atoms with E-state index >= 15 is 0 Å². The van der Waals surface area contributed by atoms with Gasteiger partial charge in [-0.2, -0.15) is 0 Å². The number of hydrogen-bond acceptors (Lipinski definition) is 2. The zero-order valence-electron chi connectivity index (χ0n) is 10.4. The van der Waals surface area contributed by atoms with E-state index in [1.165, 1.54) is 5.56 Å². The first-order valence-corrected chi connectivity index (χ1v) is 6.02. The summed E-state index contributed by atoms with van der Waals surface area (Å²) in [6, 6.07) is 8.18. The van der Waals surface area contributed by atoms with E-state index in [0.717, 1.165) is 18.5 Å². The van der Waals surface area contributed by atoms with Crippen molar-refractivity contribution in [1.29, 1.82) is 0 Å². The van der Waals surface area contributed by atoms with E-state index in [1.807, 2.05) is 25.1 Å². The first-order chi connectivity index (χ1) is 7.67. The van der Waals surface area contributed by atoms with E-state index in [9.17, 15) is 4.79 Å². The van der Waals surface area contributed by atoms with Crippen LogP contribution in [0.5, 0.6) is 0 Å². The monoisotopic (exact) mass is 219 g/mol. The SMILES string of the molecule is CCNC(C)CC(=O)c1cccc(CC)c1. The number of carbonyl (C=O) groups is 1. The zero-order valence-corrected chi connectivity index (χ0v) is 10.4. The summed E-state index contributed by atoms with van der Waals surface area (Å²) in [5.74, 6) is 0.226. The minimum Gasteiger partial charge on any atom is -0.314 e. The number of carbonyl (C=O) groups excluding carboxylic acids is 1. The third-order valence-electron chi connectivity index (χ3n) is 2.70. The Bertz CT molecular complexity index is 346. The Hall–Kier alpha value is -1.15. The predicted octanol–water partition coefficient (Wildman–Crippen LogP) is 2.82. The van der Waals surface area contributed by atoms with Gasteiger partial charge in [-0.15, -0.1) is 0 Å². The molecule has 1 aromatic rings. The molecule has 0 amide bonds. The molecule has 1 N–H and O–H groups in total. The van der Waals surface area contributed by atoms with Crippen LogP contribution in [-0.4, -0.2) is 18.4 Å². The Balaban J connectivity index is 2.65. The Morgan fingerprint density at radius 3 is 2.75 bits per heavy atom. The molecule has 0 fully saturated rings. The highest BCUT2D eigenvalue weighted by Gasteiger charge is 2.10. The van der Waals surface area contributed by atoms with Gasteiger partial charge in [0.15, 0.2) is 5.78 Å². The summed E-state index contributed by atoms with van der Waals surface area (Å²) in [5.41, 5.74) is 2.06. The van der Waals surface area contributed by atoms with E-state index in [1.54, 1.807) is 0 Å². The lowest BCUT2D eigenvalue weighted by Crippen LogP contribution is -2.28. The number of benzene rings is 1. The molecule has 0 saturated carbocycles. The van der Waals surface area contributed by atoms with Crippen LogP contribution in [0.1, 0.15) is 43.1 Å². The van der Waals surface area contributed by atoms with Gasteiger partial charge in [0.25, 0.3) is 0 Å². The van der Waals surface area contributed by atoms with E-state index < -0.39 is 0 Å². The molecule has 16 heavy (non-hydrogen) atoms. The van der Waals surface area contributed by atoms with E-state index in [2.05, 4.69) is 25.2 Å². The normalized spacial score (nSPS) is 12.4. The van der Waals surface area contributed by atoms with Gasteiger partial charge >= 0.3 is 0 Å². The molecule has 0 saturated heterocycles. The molecule has 1 rings (SSSR count). The maximum absolute atomic E-state index is 12.0. The van der Waals surface area contributed by atoms with Crippen LogP contribution in [0, 0.1) is 0 Å². The molecule has 0 aliphatic rings. The van der Waals surface area contributed by atoms with Gasteiger partial charge in [0.05, 0.1) is 0 Å². The standard InChI is InChI=1S/C14H21NO/c1-4-12-7-6-8-13(10-12)14(16)9-11(3)15-5-2/h6-8,10-11,15H,4-5,9H2,1-3H3. The smallest absolute Gasteiger partial charge is 0.164 e. The number of aryl methyl sites for hydroxylation is 1. The van der Waals surface area contributed by atoms with Crippen molar-refractivity contribution in [2.75, 3.05) is 6.54 Å². The quantitative estimate of drug-likeness (QED) is 0.745. The molecule has 1 unspecified atom stereocenters. The van der Waals surface area contributed by atoms with E-state index in [4.69, 9.17) is 0 Å². The Morgan fingerprint density at radius 1 is 1.38 bits per heavy atom. The highest BCUT2D eigenvalue weighted by molar-refractivity contribution is 5.96. The highest BCUT2D eigenvalue weighted by atomic mass is 16.1. The molecule has 1 aromatic carbocycles. The molecule has 0 bridgehead atoms. The molecular formula is C14H21NO. The maximum Gasteiger partial charge on any atom is 0.164 e. The summed E-state index contributed by atoms with van der Waals surface area (Å²) in [6.45, 7) is 7.11. The van der Waals surface area contributed by atoms with Gasteiger partial charge in [0.2, 0.25) is 0 Å². The summed E-state index contributed by atoms with van der Waals surface area (Å²) in [7, 11) is 0. The fourth-order valence-electron chi connectivity index (χ4n) is 1.78. The second-order valence-corrected chi connectivity index (χ2v) is 4.14. The van der Waals surface area contributed by atoms with Gasteiger partial charge in [0, 0.05) is 18.0 Å². The van der Waals surface area contributed by atoms with Crippen molar-refractivity contribution in [3.63, 3.8) is 0 Å². The van der Waals surface area contributed by atoms with Gasteiger partial charge in [-0.1, -0.05) is 32.0 Å². The Morgan fingerprint density at radius 2 is 2.12 bits per heavy atom. The second kappa shape index (κ2) is 6.44. The minimum atomic E-state index is 0.226. The molecule has 88 valence electrons. The van der Waals surface area contributed by atoms with Crippen LogP contribution in [-0.2, 0) is 6.42 Å². The average molecular weight is 219 g/mol. The van der Waals surface area contributed by atoms with E-state index in [-0.39, 0.29) is 11.8 Å². The molecule has 2 heteroatoms. The van der Waals surface area contributed by atoms with Crippen LogP contribution < -0.4 is 5.32 Å². The van der Waals surface area contributed by atoms with Crippen LogP contribution in [0.15, 0.2) is 24.3 Å². The molecule has 0 aromatic heterocycles. The summed E-state index contributed by atoms with van der Waals surface area (Å²) < 4.78 is 0. The largest absolute Gasteiger partial charge is 0.314 e. The molecule has 0 heterocycles. The first kappa shape index (κ1) is 12.9. The van der Waals surface area contributed by atoms with Gasteiger partial charge in [-0.3, -0.25) is 4.79 Å². The van der Waals surface area contributed by atoms with Gasteiger partial charge in [-0.05, 0) is 31.5 Å². The lowest BCUT2D eigenvalue weighted by Gasteiger charge is -2.11. The molecule has 2 nitrogen and oxygen atoms in total. The lowest BCUT2D eigenvalue weighted by atomic mass is 10.0. The topological polar surface area (TPSA) is 29.1 Å². The fourth-order valence-corrected chi connectivity index (χ4v) is 1.78. The number of hydrogen-bond donors (Lipinski definition) is 1. The predicted molar refractivity (Wildman–Crippen MR) is 67.9 cm³/mol. The lowest BCUT2D eigenvalue weighted by molar-refractivity contribution is 0.0971. The van der Waals surface area contributed by atoms with Crippen molar-refractivity contribution in [3.8, 4) is 0 Å². The number of nitrogens with one attached hydrogen (secondary N) is 1. The summed E-state index contributed by atoms with van der Waals surface area (Å²) >= 11 is 0.